The molecule has 9 heteroatoms. The molecule has 0 bridgehead atoms. The van der Waals surface area contributed by atoms with Gasteiger partial charge in [0.25, 0.3) is 5.91 Å². The lowest BCUT2D eigenvalue weighted by Gasteiger charge is -2.10. The average molecular weight is 375 g/mol. The number of nitrogens with one attached hydrogen (secondary N) is 1. The van der Waals surface area contributed by atoms with E-state index in [0.717, 1.165) is 37.8 Å². The van der Waals surface area contributed by atoms with Crippen molar-refractivity contribution in [2.24, 2.45) is 5.92 Å². The third-order valence-corrected chi connectivity index (χ3v) is 5.39. The molecule has 1 amide bonds. The molecule has 1 aromatic carbocycles. The van der Waals surface area contributed by atoms with Gasteiger partial charge in [-0.05, 0) is 43.0 Å². The molecule has 1 fully saturated rings. The molecule has 0 radical (unpaired) electrons. The number of anilines is 1. The van der Waals surface area contributed by atoms with E-state index in [1.165, 1.54) is 12.1 Å². The van der Waals surface area contributed by atoms with Crippen LogP contribution in [0.15, 0.2) is 29.2 Å². The number of sulfone groups is 1. The molecular weight excluding hydrogens is 356 g/mol. The minimum Gasteiger partial charge on any atom is -0.456 e. The van der Waals surface area contributed by atoms with E-state index in [0.29, 0.717) is 12.3 Å². The van der Waals surface area contributed by atoms with Gasteiger partial charge in [0.2, 0.25) is 9.84 Å². The maximum Gasteiger partial charge on any atom is 0.341 e. The van der Waals surface area contributed by atoms with E-state index < -0.39 is 39.0 Å². The van der Waals surface area contributed by atoms with Crippen LogP contribution in [0, 0.1) is 5.92 Å². The molecule has 1 saturated carbocycles. The van der Waals surface area contributed by atoms with E-state index in [2.05, 4.69) is 5.32 Å². The Morgan fingerprint density at radius 2 is 1.76 bits per heavy atom. The van der Waals surface area contributed by atoms with Gasteiger partial charge in [-0.3, -0.25) is 9.59 Å². The van der Waals surface area contributed by atoms with Crippen LogP contribution in [0.4, 0.5) is 14.5 Å². The second-order valence-corrected chi connectivity index (χ2v) is 7.81. The van der Waals surface area contributed by atoms with E-state index in [4.69, 9.17) is 4.74 Å². The van der Waals surface area contributed by atoms with Crippen LogP contribution in [0.2, 0.25) is 0 Å². The van der Waals surface area contributed by atoms with Gasteiger partial charge in [-0.15, -0.1) is 0 Å². The number of hydrogen-bond donors (Lipinski definition) is 1. The zero-order chi connectivity index (χ0) is 18.4. The highest BCUT2D eigenvalue weighted by molar-refractivity contribution is 7.91. The zero-order valence-electron chi connectivity index (χ0n) is 13.4. The number of amides is 1. The molecule has 0 heterocycles. The Morgan fingerprint density at radius 3 is 2.32 bits per heavy atom. The monoisotopic (exact) mass is 375 g/mol. The summed E-state index contributed by atoms with van der Waals surface area (Å²) >= 11 is 0. The van der Waals surface area contributed by atoms with Crippen molar-refractivity contribution < 1.29 is 31.5 Å². The van der Waals surface area contributed by atoms with Gasteiger partial charge in [-0.2, -0.15) is 8.78 Å². The fraction of sp³-hybridized carbons (Fsp3) is 0.500. The number of alkyl halides is 2. The molecule has 0 saturated heterocycles. The van der Waals surface area contributed by atoms with E-state index in [9.17, 15) is 26.8 Å². The maximum atomic E-state index is 12.4. The summed E-state index contributed by atoms with van der Waals surface area (Å²) in [6.07, 6.45) is 4.50. The molecule has 0 aliphatic heterocycles. The number of halogens is 2. The Bertz CT molecular complexity index is 713. The van der Waals surface area contributed by atoms with Crippen molar-refractivity contribution in [1.82, 2.24) is 0 Å². The first-order valence-corrected chi connectivity index (χ1v) is 9.41. The summed E-state index contributed by atoms with van der Waals surface area (Å²) in [5.41, 5.74) is 0.213. The first-order chi connectivity index (χ1) is 11.8. The van der Waals surface area contributed by atoms with Crippen molar-refractivity contribution in [3.63, 3.8) is 0 Å². The largest absolute Gasteiger partial charge is 0.456 e. The van der Waals surface area contributed by atoms with E-state index in [-0.39, 0.29) is 5.69 Å². The van der Waals surface area contributed by atoms with Crippen LogP contribution in [-0.4, -0.2) is 32.7 Å². The van der Waals surface area contributed by atoms with Gasteiger partial charge >= 0.3 is 11.7 Å². The van der Waals surface area contributed by atoms with E-state index in [1.807, 2.05) is 0 Å². The van der Waals surface area contributed by atoms with Gasteiger partial charge in [0.15, 0.2) is 6.61 Å². The Labute approximate surface area is 144 Å². The van der Waals surface area contributed by atoms with Gasteiger partial charge in [0.05, 0.1) is 4.90 Å². The van der Waals surface area contributed by atoms with Crippen LogP contribution in [-0.2, 0) is 24.2 Å². The minimum absolute atomic E-state index is 0.213. The first-order valence-electron chi connectivity index (χ1n) is 7.86. The number of rotatable bonds is 7. The summed E-state index contributed by atoms with van der Waals surface area (Å²) < 4.78 is 52.3. The van der Waals surface area contributed by atoms with Gasteiger partial charge in [-0.25, -0.2) is 8.42 Å². The lowest BCUT2D eigenvalue weighted by atomic mass is 10.1. The molecule has 1 aromatic rings. The van der Waals surface area contributed by atoms with Crippen molar-refractivity contribution in [3.05, 3.63) is 24.3 Å². The molecule has 0 atom stereocenters. The molecule has 6 nitrogen and oxygen atoms in total. The lowest BCUT2D eigenvalue weighted by molar-refractivity contribution is -0.148. The highest BCUT2D eigenvalue weighted by Crippen LogP contribution is 2.27. The second kappa shape index (κ2) is 8.37. The fourth-order valence-corrected chi connectivity index (χ4v) is 3.40. The van der Waals surface area contributed by atoms with Crippen molar-refractivity contribution >= 4 is 27.4 Å². The fourth-order valence-electron chi connectivity index (χ4n) is 2.68. The quantitative estimate of drug-likeness (QED) is 0.740. The van der Waals surface area contributed by atoms with Crippen LogP contribution in [0.5, 0.6) is 0 Å². The molecule has 1 aliphatic rings. The standard InChI is InChI=1S/C16H19F2NO5S/c17-16(18)25(22,23)13-7-5-12(6-8-13)19-14(20)10-24-15(21)9-11-3-1-2-4-11/h5-8,11,16H,1-4,9-10H2,(H,19,20). The Morgan fingerprint density at radius 1 is 1.16 bits per heavy atom. The molecule has 2 rings (SSSR count). The maximum absolute atomic E-state index is 12.4. The normalized spacial score (nSPS) is 15.3. The van der Waals surface area contributed by atoms with E-state index >= 15 is 0 Å². The van der Waals surface area contributed by atoms with Crippen LogP contribution in [0.25, 0.3) is 0 Å². The number of benzene rings is 1. The molecule has 1 aliphatic carbocycles. The third kappa shape index (κ3) is 5.48. The first kappa shape index (κ1) is 19.3. The highest BCUT2D eigenvalue weighted by Gasteiger charge is 2.26. The van der Waals surface area contributed by atoms with Gasteiger partial charge in [0.1, 0.15) is 0 Å². The molecule has 0 spiro atoms. The predicted octanol–water partition coefficient (Wildman–Crippen LogP) is 2.74. The number of carbonyl (C=O) groups excluding carboxylic acids is 2. The molecule has 0 unspecified atom stereocenters. The van der Waals surface area contributed by atoms with Gasteiger partial charge < -0.3 is 10.1 Å². The summed E-state index contributed by atoms with van der Waals surface area (Å²) in [5.74, 6) is -4.21. The third-order valence-electron chi connectivity index (χ3n) is 4.00. The number of carbonyl (C=O) groups is 2. The summed E-state index contributed by atoms with van der Waals surface area (Å²) in [6.45, 7) is -0.456. The lowest BCUT2D eigenvalue weighted by Crippen LogP contribution is -2.21. The van der Waals surface area contributed by atoms with Gasteiger partial charge in [-0.1, -0.05) is 12.8 Å². The molecule has 1 N–H and O–H groups in total. The topological polar surface area (TPSA) is 89.5 Å². The zero-order valence-corrected chi connectivity index (χ0v) is 14.2. The summed E-state index contributed by atoms with van der Waals surface area (Å²) in [7, 11) is -4.67. The molecule has 0 aromatic heterocycles. The Kier molecular flexibility index (Phi) is 6.46. The van der Waals surface area contributed by atoms with Crippen LogP contribution >= 0.6 is 0 Å². The van der Waals surface area contributed by atoms with Gasteiger partial charge in [0, 0.05) is 12.1 Å². The molecule has 138 valence electrons. The summed E-state index contributed by atoms with van der Waals surface area (Å²) in [4.78, 5) is 22.8. The summed E-state index contributed by atoms with van der Waals surface area (Å²) in [5, 5.41) is 2.40. The second-order valence-electron chi connectivity index (χ2n) is 5.89. The summed E-state index contributed by atoms with van der Waals surface area (Å²) in [6, 6.07) is 4.33. The molecular formula is C16H19F2NO5S. The Hall–Kier alpha value is -2.03. The van der Waals surface area contributed by atoms with Crippen molar-refractivity contribution in [2.75, 3.05) is 11.9 Å². The van der Waals surface area contributed by atoms with Crippen molar-refractivity contribution in [3.8, 4) is 0 Å². The van der Waals surface area contributed by atoms with Crippen molar-refractivity contribution in [1.29, 1.82) is 0 Å². The van der Waals surface area contributed by atoms with E-state index in [1.54, 1.807) is 0 Å². The van der Waals surface area contributed by atoms with Crippen LogP contribution < -0.4 is 5.32 Å². The Balaban J connectivity index is 1.81. The molecule has 25 heavy (non-hydrogen) atoms. The number of hydrogen-bond acceptors (Lipinski definition) is 5. The minimum atomic E-state index is -4.67. The smallest absolute Gasteiger partial charge is 0.341 e. The highest BCUT2D eigenvalue weighted by atomic mass is 32.2. The van der Waals surface area contributed by atoms with Crippen LogP contribution in [0.1, 0.15) is 32.1 Å². The number of ether oxygens (including phenoxy) is 1. The number of esters is 1. The predicted molar refractivity (Wildman–Crippen MR) is 85.8 cm³/mol. The van der Waals surface area contributed by atoms with Crippen molar-refractivity contribution in [2.45, 2.75) is 42.8 Å². The average Bonchev–Trinajstić information content (AvgIpc) is 3.06. The SMILES string of the molecule is O=C(COC(=O)CC1CCCC1)Nc1ccc(S(=O)(=O)C(F)F)cc1. The van der Waals surface area contributed by atoms with Crippen LogP contribution in [0.3, 0.4) is 0 Å².